The van der Waals surface area contributed by atoms with Crippen molar-refractivity contribution < 1.29 is 4.79 Å². The predicted octanol–water partition coefficient (Wildman–Crippen LogP) is 4.25. The molecule has 0 unspecified atom stereocenters. The summed E-state index contributed by atoms with van der Waals surface area (Å²) in [4.78, 5) is 14.1. The Bertz CT molecular complexity index is 830. The van der Waals surface area contributed by atoms with E-state index in [2.05, 4.69) is 16.7 Å². The molecule has 0 aliphatic carbocycles. The first-order chi connectivity index (χ1) is 11.3. The van der Waals surface area contributed by atoms with Gasteiger partial charge in [-0.25, -0.2) is 0 Å². The lowest BCUT2D eigenvalue weighted by atomic mass is 9.86. The molecule has 0 radical (unpaired) electrons. The molecule has 1 atom stereocenters. The monoisotopic (exact) mass is 320 g/mol. The van der Waals surface area contributed by atoms with Gasteiger partial charge in [-0.15, -0.1) is 11.3 Å². The number of amides is 1. The maximum absolute atomic E-state index is 12.9. The highest BCUT2D eigenvalue weighted by molar-refractivity contribution is 7.09. The minimum absolute atomic E-state index is 0.00375. The Morgan fingerprint density at radius 1 is 0.957 bits per heavy atom. The molecule has 4 heteroatoms. The molecule has 1 amide bonds. The van der Waals surface area contributed by atoms with Crippen LogP contribution in [0.15, 0.2) is 72.1 Å². The number of benzene rings is 2. The van der Waals surface area contributed by atoms with Crippen LogP contribution >= 0.6 is 11.3 Å². The van der Waals surface area contributed by atoms with Crippen molar-refractivity contribution in [3.8, 4) is 0 Å². The molecule has 2 aromatic carbocycles. The van der Waals surface area contributed by atoms with Crippen LogP contribution in [-0.2, 0) is 16.8 Å². The van der Waals surface area contributed by atoms with E-state index >= 15 is 0 Å². The van der Waals surface area contributed by atoms with Gasteiger partial charge in [-0.1, -0.05) is 42.5 Å². The summed E-state index contributed by atoms with van der Waals surface area (Å²) in [5, 5.41) is 8.56. The second-order valence-electron chi connectivity index (χ2n) is 5.65. The summed E-state index contributed by atoms with van der Waals surface area (Å²) in [7, 11) is 0. The van der Waals surface area contributed by atoms with Crippen LogP contribution in [0.3, 0.4) is 0 Å². The van der Waals surface area contributed by atoms with Crippen molar-refractivity contribution in [1.29, 1.82) is 0 Å². The van der Waals surface area contributed by atoms with Crippen LogP contribution in [0.1, 0.15) is 10.4 Å². The van der Waals surface area contributed by atoms with Crippen molar-refractivity contribution >= 4 is 28.6 Å². The van der Waals surface area contributed by atoms with E-state index in [0.29, 0.717) is 6.42 Å². The topological polar surface area (TPSA) is 41.1 Å². The normalized spacial score (nSPS) is 19.2. The maximum Gasteiger partial charge on any atom is 0.255 e. The standard InChI is InChI=1S/C19H16N2OS/c22-18-19(13-15-9-6-12-23-15,21-14-7-2-1-3-8-14)16-10-4-5-11-17(16)20-18/h1-12,21H,13H2,(H,20,22)/t19-/m1/s1. The quantitative estimate of drug-likeness (QED) is 0.754. The number of nitrogens with one attached hydrogen (secondary N) is 2. The molecule has 23 heavy (non-hydrogen) atoms. The third-order valence-corrected chi connectivity index (χ3v) is 5.05. The lowest BCUT2D eigenvalue weighted by Gasteiger charge is -2.29. The van der Waals surface area contributed by atoms with Gasteiger partial charge in [-0.3, -0.25) is 4.79 Å². The number of carbonyl (C=O) groups excluding carboxylic acids is 1. The Balaban J connectivity index is 1.82. The van der Waals surface area contributed by atoms with Crippen LogP contribution in [-0.4, -0.2) is 5.91 Å². The molecule has 0 fully saturated rings. The number of hydrogen-bond donors (Lipinski definition) is 2. The molecule has 2 N–H and O–H groups in total. The number of fused-ring (bicyclic) bond motifs is 1. The van der Waals surface area contributed by atoms with E-state index in [1.165, 1.54) is 4.88 Å². The summed E-state index contributed by atoms with van der Waals surface area (Å²) in [5.41, 5.74) is 2.05. The number of para-hydroxylation sites is 2. The van der Waals surface area contributed by atoms with E-state index in [1.54, 1.807) is 11.3 Å². The lowest BCUT2D eigenvalue weighted by molar-refractivity contribution is -0.119. The van der Waals surface area contributed by atoms with Crippen LogP contribution < -0.4 is 10.6 Å². The fourth-order valence-corrected chi connectivity index (χ4v) is 3.89. The summed E-state index contributed by atoms with van der Waals surface area (Å²) in [6.45, 7) is 0. The van der Waals surface area contributed by atoms with E-state index in [9.17, 15) is 4.79 Å². The largest absolute Gasteiger partial charge is 0.367 e. The van der Waals surface area contributed by atoms with Gasteiger partial charge in [0.05, 0.1) is 0 Å². The first-order valence-electron chi connectivity index (χ1n) is 7.54. The van der Waals surface area contributed by atoms with Crippen LogP contribution in [0.5, 0.6) is 0 Å². The molecular weight excluding hydrogens is 304 g/mol. The molecule has 4 rings (SSSR count). The minimum atomic E-state index is -0.775. The molecule has 1 aliphatic rings. The maximum atomic E-state index is 12.9. The van der Waals surface area contributed by atoms with Gasteiger partial charge < -0.3 is 10.6 Å². The fraction of sp³-hybridized carbons (Fsp3) is 0.105. The second kappa shape index (κ2) is 5.56. The van der Waals surface area contributed by atoms with Gasteiger partial charge in [0.15, 0.2) is 0 Å². The van der Waals surface area contributed by atoms with E-state index in [4.69, 9.17) is 0 Å². The van der Waals surface area contributed by atoms with E-state index in [0.717, 1.165) is 16.9 Å². The lowest BCUT2D eigenvalue weighted by Crippen LogP contribution is -2.44. The van der Waals surface area contributed by atoms with Gasteiger partial charge in [0.1, 0.15) is 5.54 Å². The molecular formula is C19H16N2OS. The third kappa shape index (κ3) is 2.41. The van der Waals surface area contributed by atoms with E-state index in [-0.39, 0.29) is 5.91 Å². The molecule has 0 spiro atoms. The highest BCUT2D eigenvalue weighted by Gasteiger charge is 2.47. The Morgan fingerprint density at radius 3 is 2.52 bits per heavy atom. The van der Waals surface area contributed by atoms with Crippen molar-refractivity contribution in [1.82, 2.24) is 0 Å². The average Bonchev–Trinajstić information content (AvgIpc) is 3.17. The Labute approximate surface area is 139 Å². The Hall–Kier alpha value is -2.59. The SMILES string of the molecule is O=C1Nc2ccccc2[C@@]1(Cc1cccs1)Nc1ccccc1. The molecule has 1 aliphatic heterocycles. The molecule has 0 saturated carbocycles. The van der Waals surface area contributed by atoms with Crippen LogP contribution in [0.25, 0.3) is 0 Å². The average molecular weight is 320 g/mol. The summed E-state index contributed by atoms with van der Waals surface area (Å²) in [6.07, 6.45) is 0.627. The van der Waals surface area contributed by atoms with Crippen molar-refractivity contribution in [3.63, 3.8) is 0 Å². The number of carbonyl (C=O) groups is 1. The summed E-state index contributed by atoms with van der Waals surface area (Å²) < 4.78 is 0. The van der Waals surface area contributed by atoms with Gasteiger partial charge in [0.2, 0.25) is 0 Å². The highest BCUT2D eigenvalue weighted by Crippen LogP contribution is 2.41. The molecule has 2 heterocycles. The number of hydrogen-bond acceptors (Lipinski definition) is 3. The number of thiophene rings is 1. The molecule has 114 valence electrons. The number of rotatable bonds is 4. The van der Waals surface area contributed by atoms with Crippen molar-refractivity contribution in [2.24, 2.45) is 0 Å². The third-order valence-electron chi connectivity index (χ3n) is 4.17. The van der Waals surface area contributed by atoms with Gasteiger partial charge in [0.25, 0.3) is 5.91 Å². The summed E-state index contributed by atoms with van der Waals surface area (Å²) >= 11 is 1.68. The van der Waals surface area contributed by atoms with Crippen molar-refractivity contribution in [2.45, 2.75) is 12.0 Å². The zero-order chi connectivity index (χ0) is 15.7. The Kier molecular flexibility index (Phi) is 3.39. The minimum Gasteiger partial charge on any atom is -0.367 e. The van der Waals surface area contributed by atoms with Gasteiger partial charge in [0, 0.05) is 28.2 Å². The molecule has 3 aromatic rings. The fourth-order valence-electron chi connectivity index (χ4n) is 3.10. The van der Waals surface area contributed by atoms with Crippen molar-refractivity contribution in [2.75, 3.05) is 10.6 Å². The van der Waals surface area contributed by atoms with E-state index < -0.39 is 5.54 Å². The summed E-state index contributed by atoms with van der Waals surface area (Å²) in [6, 6.07) is 21.9. The Morgan fingerprint density at radius 2 is 1.74 bits per heavy atom. The molecule has 3 nitrogen and oxygen atoms in total. The number of anilines is 2. The molecule has 1 aromatic heterocycles. The van der Waals surface area contributed by atoms with Gasteiger partial charge in [-0.05, 0) is 29.6 Å². The predicted molar refractivity (Wildman–Crippen MR) is 94.8 cm³/mol. The van der Waals surface area contributed by atoms with Crippen LogP contribution in [0, 0.1) is 0 Å². The second-order valence-corrected chi connectivity index (χ2v) is 6.68. The smallest absolute Gasteiger partial charge is 0.255 e. The van der Waals surface area contributed by atoms with Crippen LogP contribution in [0.4, 0.5) is 11.4 Å². The zero-order valence-corrected chi connectivity index (χ0v) is 13.3. The summed E-state index contributed by atoms with van der Waals surface area (Å²) in [5.74, 6) is -0.00375. The first-order valence-corrected chi connectivity index (χ1v) is 8.42. The zero-order valence-electron chi connectivity index (χ0n) is 12.5. The molecule has 0 bridgehead atoms. The van der Waals surface area contributed by atoms with E-state index in [1.807, 2.05) is 66.0 Å². The molecule has 0 saturated heterocycles. The van der Waals surface area contributed by atoms with Crippen LogP contribution in [0.2, 0.25) is 0 Å². The van der Waals surface area contributed by atoms with Gasteiger partial charge in [-0.2, -0.15) is 0 Å². The first kappa shape index (κ1) is 14.0. The highest BCUT2D eigenvalue weighted by atomic mass is 32.1. The van der Waals surface area contributed by atoms with Gasteiger partial charge >= 0.3 is 0 Å². The van der Waals surface area contributed by atoms with Crippen molar-refractivity contribution in [3.05, 3.63) is 82.6 Å².